The Morgan fingerprint density at radius 2 is 1.41 bits per heavy atom. The van der Waals surface area contributed by atoms with E-state index in [-0.39, 0.29) is 4.90 Å². The van der Waals surface area contributed by atoms with E-state index in [4.69, 9.17) is 16.3 Å². The Morgan fingerprint density at radius 1 is 0.784 bits per heavy atom. The Balaban J connectivity index is 1.30. The van der Waals surface area contributed by atoms with Gasteiger partial charge in [-0.05, 0) is 90.5 Å². The average molecular weight is 534 g/mol. The largest absolute Gasteiger partial charge is 0.423 e. The van der Waals surface area contributed by atoms with Crippen LogP contribution in [0.1, 0.15) is 26.3 Å². The maximum atomic E-state index is 12.4. The number of halogens is 1. The highest BCUT2D eigenvalue weighted by atomic mass is 35.5. The zero-order valence-corrected chi connectivity index (χ0v) is 20.7. The normalized spacial score (nSPS) is 11.2. The molecule has 0 saturated heterocycles. The molecule has 0 spiro atoms. The Labute approximate surface area is 218 Å². The number of carbonyl (C=O) groups is 2. The number of sulfonamides is 1. The molecule has 4 rings (SSSR count). The molecular formula is C27H20ClN3O5S. The van der Waals surface area contributed by atoms with Crippen molar-refractivity contribution in [2.45, 2.75) is 4.90 Å². The topological polar surface area (TPSA) is 114 Å². The standard InChI is InChI=1S/C27H20ClN3O5S/c28-22-12-8-21(9-13-22)27(33)36-24-16-6-19(7-17-24)18-29-30-26(32)20-10-14-23(15-11-20)31-37(34,35)25-4-2-1-3-5-25/h1-18,31H,(H,30,32). The second-order valence-corrected chi connectivity index (χ2v) is 9.78. The fourth-order valence-corrected chi connectivity index (χ4v) is 4.31. The van der Waals surface area contributed by atoms with Gasteiger partial charge in [-0.15, -0.1) is 0 Å². The van der Waals surface area contributed by atoms with E-state index in [1.165, 1.54) is 42.6 Å². The van der Waals surface area contributed by atoms with Crippen molar-refractivity contribution in [1.29, 1.82) is 0 Å². The number of hydrazone groups is 1. The van der Waals surface area contributed by atoms with Gasteiger partial charge < -0.3 is 4.74 Å². The van der Waals surface area contributed by atoms with Crippen LogP contribution in [0.25, 0.3) is 0 Å². The fourth-order valence-electron chi connectivity index (χ4n) is 3.11. The maximum Gasteiger partial charge on any atom is 0.343 e. The summed E-state index contributed by atoms with van der Waals surface area (Å²) in [6.45, 7) is 0. The van der Waals surface area contributed by atoms with Crippen LogP contribution in [0.2, 0.25) is 5.02 Å². The first kappa shape index (κ1) is 25.6. The third kappa shape index (κ3) is 7.03. The van der Waals surface area contributed by atoms with Gasteiger partial charge in [0.25, 0.3) is 15.9 Å². The zero-order chi connectivity index (χ0) is 26.3. The summed E-state index contributed by atoms with van der Waals surface area (Å²) in [5.74, 6) is -0.629. The minimum atomic E-state index is -3.72. The molecule has 4 aromatic carbocycles. The van der Waals surface area contributed by atoms with Crippen LogP contribution in [-0.4, -0.2) is 26.5 Å². The second-order valence-electron chi connectivity index (χ2n) is 7.66. The molecule has 0 saturated carbocycles. The molecule has 0 aliphatic rings. The summed E-state index contributed by atoms with van der Waals surface area (Å²) in [6, 6.07) is 26.8. The van der Waals surface area contributed by atoms with Gasteiger partial charge in [0.1, 0.15) is 5.75 Å². The van der Waals surface area contributed by atoms with Gasteiger partial charge >= 0.3 is 5.97 Å². The highest BCUT2D eigenvalue weighted by Gasteiger charge is 2.14. The van der Waals surface area contributed by atoms with E-state index in [0.717, 1.165) is 0 Å². The molecule has 0 unspecified atom stereocenters. The Kier molecular flexibility index (Phi) is 7.97. The lowest BCUT2D eigenvalue weighted by Gasteiger charge is -2.08. The van der Waals surface area contributed by atoms with E-state index < -0.39 is 21.9 Å². The van der Waals surface area contributed by atoms with Crippen LogP contribution < -0.4 is 14.9 Å². The van der Waals surface area contributed by atoms with Gasteiger partial charge in [-0.25, -0.2) is 18.6 Å². The summed E-state index contributed by atoms with van der Waals surface area (Å²) >= 11 is 5.82. The highest BCUT2D eigenvalue weighted by Crippen LogP contribution is 2.17. The number of nitrogens with zero attached hydrogens (tertiary/aromatic N) is 1. The first-order chi connectivity index (χ1) is 17.8. The van der Waals surface area contributed by atoms with E-state index >= 15 is 0 Å². The number of hydrogen-bond donors (Lipinski definition) is 2. The first-order valence-electron chi connectivity index (χ1n) is 10.9. The van der Waals surface area contributed by atoms with Gasteiger partial charge in [-0.1, -0.05) is 29.8 Å². The average Bonchev–Trinajstić information content (AvgIpc) is 2.90. The quantitative estimate of drug-likeness (QED) is 0.141. The smallest absolute Gasteiger partial charge is 0.343 e. The number of anilines is 1. The predicted octanol–water partition coefficient (Wildman–Crippen LogP) is 5.12. The van der Waals surface area contributed by atoms with Gasteiger partial charge in [-0.2, -0.15) is 5.10 Å². The Bertz CT molecular complexity index is 1520. The van der Waals surface area contributed by atoms with Crippen LogP contribution in [0.4, 0.5) is 5.69 Å². The van der Waals surface area contributed by atoms with Gasteiger partial charge in [0.05, 0.1) is 16.7 Å². The minimum Gasteiger partial charge on any atom is -0.423 e. The molecule has 10 heteroatoms. The van der Waals surface area contributed by atoms with E-state index in [1.54, 1.807) is 66.7 Å². The molecular weight excluding hydrogens is 514 g/mol. The van der Waals surface area contributed by atoms with Crippen molar-refractivity contribution in [3.8, 4) is 5.75 Å². The molecule has 0 bridgehead atoms. The van der Waals surface area contributed by atoms with Gasteiger partial charge in [0.15, 0.2) is 0 Å². The summed E-state index contributed by atoms with van der Waals surface area (Å²) in [6.07, 6.45) is 1.44. The SMILES string of the molecule is O=C(NN=Cc1ccc(OC(=O)c2ccc(Cl)cc2)cc1)c1ccc(NS(=O)(=O)c2ccccc2)cc1. The van der Waals surface area contributed by atoms with Crippen LogP contribution in [0.3, 0.4) is 0 Å². The van der Waals surface area contributed by atoms with Crippen molar-refractivity contribution in [2.75, 3.05) is 4.72 Å². The molecule has 0 aromatic heterocycles. The lowest BCUT2D eigenvalue weighted by molar-refractivity contribution is 0.0734. The molecule has 186 valence electrons. The van der Waals surface area contributed by atoms with Crippen LogP contribution in [0.5, 0.6) is 5.75 Å². The molecule has 4 aromatic rings. The third-order valence-electron chi connectivity index (χ3n) is 5.00. The maximum absolute atomic E-state index is 12.4. The molecule has 0 heterocycles. The summed E-state index contributed by atoms with van der Waals surface area (Å²) in [5.41, 5.74) is 4.06. The van der Waals surface area contributed by atoms with E-state index in [1.807, 2.05) is 0 Å². The number of nitrogens with one attached hydrogen (secondary N) is 2. The first-order valence-corrected chi connectivity index (χ1v) is 12.8. The number of ether oxygens (including phenoxy) is 1. The lowest BCUT2D eigenvalue weighted by Crippen LogP contribution is -2.18. The number of benzene rings is 4. The molecule has 1 amide bonds. The molecule has 0 atom stereocenters. The zero-order valence-electron chi connectivity index (χ0n) is 19.2. The molecule has 0 aliphatic heterocycles. The number of hydrogen-bond acceptors (Lipinski definition) is 6. The summed E-state index contributed by atoms with van der Waals surface area (Å²) < 4.78 is 32.6. The van der Waals surface area contributed by atoms with Crippen molar-refractivity contribution in [3.63, 3.8) is 0 Å². The van der Waals surface area contributed by atoms with Crippen LogP contribution in [-0.2, 0) is 10.0 Å². The van der Waals surface area contributed by atoms with E-state index in [9.17, 15) is 18.0 Å². The van der Waals surface area contributed by atoms with Gasteiger partial charge in [0.2, 0.25) is 0 Å². The number of rotatable bonds is 8. The summed E-state index contributed by atoms with van der Waals surface area (Å²) in [7, 11) is -3.72. The van der Waals surface area contributed by atoms with E-state index in [0.29, 0.717) is 33.1 Å². The van der Waals surface area contributed by atoms with Gasteiger partial charge in [-0.3, -0.25) is 9.52 Å². The summed E-state index contributed by atoms with van der Waals surface area (Å²) in [5, 5.41) is 4.45. The molecule has 37 heavy (non-hydrogen) atoms. The van der Waals surface area contributed by atoms with Crippen molar-refractivity contribution < 1.29 is 22.7 Å². The monoisotopic (exact) mass is 533 g/mol. The van der Waals surface area contributed by atoms with E-state index in [2.05, 4.69) is 15.2 Å². The predicted molar refractivity (Wildman–Crippen MR) is 142 cm³/mol. The molecule has 0 aliphatic carbocycles. The Morgan fingerprint density at radius 3 is 2.05 bits per heavy atom. The third-order valence-corrected chi connectivity index (χ3v) is 6.65. The van der Waals surface area contributed by atoms with Crippen molar-refractivity contribution in [2.24, 2.45) is 5.10 Å². The van der Waals surface area contributed by atoms with Crippen LogP contribution >= 0.6 is 11.6 Å². The van der Waals surface area contributed by atoms with Crippen molar-refractivity contribution >= 4 is 45.4 Å². The lowest BCUT2D eigenvalue weighted by atomic mass is 10.2. The molecule has 0 fully saturated rings. The second kappa shape index (κ2) is 11.5. The number of amides is 1. The van der Waals surface area contributed by atoms with Crippen LogP contribution in [0, 0.1) is 0 Å². The molecule has 0 radical (unpaired) electrons. The van der Waals surface area contributed by atoms with Crippen LogP contribution in [0.15, 0.2) is 113 Å². The highest BCUT2D eigenvalue weighted by molar-refractivity contribution is 7.92. The number of carbonyl (C=O) groups excluding carboxylic acids is 2. The Hall–Kier alpha value is -4.47. The minimum absolute atomic E-state index is 0.138. The fraction of sp³-hybridized carbons (Fsp3) is 0. The summed E-state index contributed by atoms with van der Waals surface area (Å²) in [4.78, 5) is 24.7. The van der Waals surface area contributed by atoms with Gasteiger partial charge in [0, 0.05) is 16.3 Å². The number of esters is 1. The molecule has 8 nitrogen and oxygen atoms in total. The molecule has 2 N–H and O–H groups in total. The van der Waals surface area contributed by atoms with Crippen molar-refractivity contribution in [3.05, 3.63) is 125 Å². The van der Waals surface area contributed by atoms with Crippen molar-refractivity contribution in [1.82, 2.24) is 5.43 Å².